The van der Waals surface area contributed by atoms with Crippen LogP contribution in [-0.2, 0) is 9.53 Å². The number of anilines is 1. The van der Waals surface area contributed by atoms with Crippen LogP contribution < -0.4 is 10.1 Å². The first kappa shape index (κ1) is 21.9. The molecule has 2 rings (SSSR count). The number of thiophene rings is 1. The number of nitriles is 1. The molecule has 1 heterocycles. The zero-order valence-corrected chi connectivity index (χ0v) is 17.4. The van der Waals surface area contributed by atoms with Gasteiger partial charge < -0.3 is 14.8 Å². The van der Waals surface area contributed by atoms with E-state index in [1.54, 1.807) is 44.2 Å². The number of aryl methyl sites for hydroxylation is 1. The fourth-order valence-corrected chi connectivity index (χ4v) is 3.54. The second kappa shape index (κ2) is 10.2. The van der Waals surface area contributed by atoms with Gasteiger partial charge in [-0.15, -0.1) is 11.3 Å². The summed E-state index contributed by atoms with van der Waals surface area (Å²) in [6.07, 6.45) is 3.09. The maximum atomic E-state index is 12.7. The van der Waals surface area contributed by atoms with Crippen LogP contribution in [0.2, 0.25) is 0 Å². The molecule has 6 nitrogen and oxygen atoms in total. The van der Waals surface area contributed by atoms with E-state index in [0.29, 0.717) is 28.5 Å². The molecule has 0 unspecified atom stereocenters. The van der Waals surface area contributed by atoms with Crippen molar-refractivity contribution in [3.05, 3.63) is 64.1 Å². The predicted molar refractivity (Wildman–Crippen MR) is 114 cm³/mol. The fraction of sp³-hybridized carbons (Fsp3) is 0.227. The second-order valence-electron chi connectivity index (χ2n) is 6.00. The number of benzene rings is 1. The SMILES string of the molecule is C=CCOc1cccc(C=C(C#N)C(=O)Nc2sc(C)c(C)c2C(=O)OCC)c1. The first-order chi connectivity index (χ1) is 13.9. The first-order valence-electron chi connectivity index (χ1n) is 8.95. The number of ether oxygens (including phenoxy) is 2. The molecule has 0 radical (unpaired) electrons. The summed E-state index contributed by atoms with van der Waals surface area (Å²) in [5, 5.41) is 12.5. The molecule has 0 aliphatic heterocycles. The van der Waals surface area contributed by atoms with Crippen LogP contribution in [0.3, 0.4) is 0 Å². The smallest absolute Gasteiger partial charge is 0.341 e. The van der Waals surface area contributed by atoms with Crippen LogP contribution in [-0.4, -0.2) is 25.1 Å². The van der Waals surface area contributed by atoms with Gasteiger partial charge in [0.25, 0.3) is 5.91 Å². The van der Waals surface area contributed by atoms with Gasteiger partial charge in [0, 0.05) is 4.88 Å². The molecule has 1 amide bonds. The molecule has 0 saturated carbocycles. The number of carbonyl (C=O) groups excluding carboxylic acids is 2. The lowest BCUT2D eigenvalue weighted by molar-refractivity contribution is -0.112. The molecule has 0 aliphatic carbocycles. The normalized spacial score (nSPS) is 10.8. The van der Waals surface area contributed by atoms with Gasteiger partial charge >= 0.3 is 5.97 Å². The van der Waals surface area contributed by atoms with E-state index in [0.717, 1.165) is 10.4 Å². The number of rotatable bonds is 8. The van der Waals surface area contributed by atoms with E-state index in [1.807, 2.05) is 13.0 Å². The maximum absolute atomic E-state index is 12.7. The monoisotopic (exact) mass is 410 g/mol. The van der Waals surface area contributed by atoms with Gasteiger partial charge in [-0.1, -0.05) is 24.8 Å². The quantitative estimate of drug-likeness (QED) is 0.296. The highest BCUT2D eigenvalue weighted by molar-refractivity contribution is 7.16. The Kier molecular flexibility index (Phi) is 7.75. The van der Waals surface area contributed by atoms with Crippen molar-refractivity contribution in [1.82, 2.24) is 0 Å². The van der Waals surface area contributed by atoms with Crippen molar-refractivity contribution in [3.8, 4) is 11.8 Å². The van der Waals surface area contributed by atoms with Crippen molar-refractivity contribution in [2.24, 2.45) is 0 Å². The van der Waals surface area contributed by atoms with E-state index in [4.69, 9.17) is 9.47 Å². The molecule has 0 fully saturated rings. The Labute approximate surface area is 174 Å². The van der Waals surface area contributed by atoms with Crippen LogP contribution in [0, 0.1) is 25.2 Å². The van der Waals surface area contributed by atoms with Gasteiger partial charge in [-0.2, -0.15) is 5.26 Å². The molecule has 1 aromatic heterocycles. The van der Waals surface area contributed by atoms with Crippen LogP contribution in [0.25, 0.3) is 6.08 Å². The molecular weight excluding hydrogens is 388 g/mol. The molecule has 7 heteroatoms. The van der Waals surface area contributed by atoms with Crippen molar-refractivity contribution in [2.75, 3.05) is 18.5 Å². The molecule has 0 saturated heterocycles. The number of hydrogen-bond donors (Lipinski definition) is 1. The van der Waals surface area contributed by atoms with E-state index in [1.165, 1.54) is 17.4 Å². The zero-order valence-electron chi connectivity index (χ0n) is 16.6. The molecule has 0 aliphatic rings. The average Bonchev–Trinajstić information content (AvgIpc) is 2.98. The Balaban J connectivity index is 2.29. The van der Waals surface area contributed by atoms with Gasteiger partial charge in [-0.05, 0) is 50.1 Å². The van der Waals surface area contributed by atoms with Crippen molar-refractivity contribution < 1.29 is 19.1 Å². The molecule has 0 bridgehead atoms. The minimum absolute atomic E-state index is 0.0932. The number of amides is 1. The summed E-state index contributed by atoms with van der Waals surface area (Å²) in [4.78, 5) is 25.8. The topological polar surface area (TPSA) is 88.4 Å². The minimum atomic E-state index is -0.600. The Morgan fingerprint density at radius 2 is 2.10 bits per heavy atom. The van der Waals surface area contributed by atoms with E-state index in [2.05, 4.69) is 11.9 Å². The lowest BCUT2D eigenvalue weighted by atomic mass is 10.1. The number of nitrogens with zero attached hydrogens (tertiary/aromatic N) is 1. The summed E-state index contributed by atoms with van der Waals surface area (Å²) in [5.74, 6) is -0.499. The Bertz CT molecular complexity index is 999. The number of esters is 1. The summed E-state index contributed by atoms with van der Waals surface area (Å²) < 4.78 is 10.6. The van der Waals surface area contributed by atoms with Gasteiger partial charge in [0.15, 0.2) is 0 Å². The van der Waals surface area contributed by atoms with Crippen LogP contribution in [0.1, 0.15) is 33.3 Å². The molecular formula is C22H22N2O4S. The average molecular weight is 410 g/mol. The fourth-order valence-electron chi connectivity index (χ4n) is 2.50. The second-order valence-corrected chi connectivity index (χ2v) is 7.23. The summed E-state index contributed by atoms with van der Waals surface area (Å²) in [7, 11) is 0. The largest absolute Gasteiger partial charge is 0.490 e. The van der Waals surface area contributed by atoms with Gasteiger partial charge in [-0.3, -0.25) is 4.79 Å². The standard InChI is InChI=1S/C22H22N2O4S/c1-5-10-28-18-9-7-8-16(12-18)11-17(13-23)20(25)24-21-19(22(26)27-6-2)14(3)15(4)29-21/h5,7-9,11-12H,1,6,10H2,2-4H3,(H,24,25). The highest BCUT2D eigenvalue weighted by Gasteiger charge is 2.23. The van der Waals surface area contributed by atoms with Gasteiger partial charge in [-0.25, -0.2) is 4.79 Å². The van der Waals surface area contributed by atoms with E-state index in [9.17, 15) is 14.9 Å². The molecule has 0 spiro atoms. The number of carbonyl (C=O) groups is 2. The third-order valence-electron chi connectivity index (χ3n) is 3.99. The van der Waals surface area contributed by atoms with Crippen molar-refractivity contribution in [2.45, 2.75) is 20.8 Å². The lowest BCUT2D eigenvalue weighted by Gasteiger charge is -2.07. The zero-order chi connectivity index (χ0) is 21.4. The molecule has 0 atom stereocenters. The summed E-state index contributed by atoms with van der Waals surface area (Å²) >= 11 is 1.27. The van der Waals surface area contributed by atoms with E-state index < -0.39 is 11.9 Å². The Morgan fingerprint density at radius 3 is 2.76 bits per heavy atom. The van der Waals surface area contributed by atoms with Crippen LogP contribution in [0.15, 0.2) is 42.5 Å². The Morgan fingerprint density at radius 1 is 1.34 bits per heavy atom. The van der Waals surface area contributed by atoms with Gasteiger partial charge in [0.1, 0.15) is 29.0 Å². The van der Waals surface area contributed by atoms with Crippen LogP contribution in [0.4, 0.5) is 5.00 Å². The van der Waals surface area contributed by atoms with Gasteiger partial charge in [0.2, 0.25) is 0 Å². The molecule has 29 heavy (non-hydrogen) atoms. The van der Waals surface area contributed by atoms with Gasteiger partial charge in [0.05, 0.1) is 12.2 Å². The maximum Gasteiger partial charge on any atom is 0.341 e. The molecule has 150 valence electrons. The highest BCUT2D eigenvalue weighted by Crippen LogP contribution is 2.33. The number of hydrogen-bond acceptors (Lipinski definition) is 6. The third kappa shape index (κ3) is 5.56. The lowest BCUT2D eigenvalue weighted by Crippen LogP contribution is -2.16. The Hall–Kier alpha value is -3.37. The molecule has 2 aromatic rings. The summed E-state index contributed by atoms with van der Waals surface area (Å²) in [6, 6.07) is 8.93. The molecule has 1 N–H and O–H groups in total. The van der Waals surface area contributed by atoms with Crippen molar-refractivity contribution in [3.63, 3.8) is 0 Å². The summed E-state index contributed by atoms with van der Waals surface area (Å²) in [6.45, 7) is 9.55. The predicted octanol–water partition coefficient (Wildman–Crippen LogP) is 4.65. The van der Waals surface area contributed by atoms with Crippen molar-refractivity contribution >= 4 is 34.3 Å². The van der Waals surface area contributed by atoms with Crippen molar-refractivity contribution in [1.29, 1.82) is 5.26 Å². The third-order valence-corrected chi connectivity index (χ3v) is 5.12. The van der Waals surface area contributed by atoms with Crippen LogP contribution >= 0.6 is 11.3 Å². The highest BCUT2D eigenvalue weighted by atomic mass is 32.1. The number of nitrogens with one attached hydrogen (secondary N) is 1. The first-order valence-corrected chi connectivity index (χ1v) is 9.76. The minimum Gasteiger partial charge on any atom is -0.490 e. The molecule has 1 aromatic carbocycles. The van der Waals surface area contributed by atoms with Crippen LogP contribution in [0.5, 0.6) is 5.75 Å². The summed E-state index contributed by atoms with van der Waals surface area (Å²) in [5.41, 5.74) is 1.62. The van der Waals surface area contributed by atoms with E-state index >= 15 is 0 Å². The van der Waals surface area contributed by atoms with E-state index in [-0.39, 0.29) is 12.2 Å².